The van der Waals surface area contributed by atoms with Crippen molar-refractivity contribution in [2.75, 3.05) is 31.9 Å². The van der Waals surface area contributed by atoms with Gasteiger partial charge in [0, 0.05) is 17.5 Å². The van der Waals surface area contributed by atoms with Crippen molar-refractivity contribution < 1.29 is 17.6 Å². The molecule has 0 unspecified atom stereocenters. The van der Waals surface area contributed by atoms with E-state index in [1.54, 1.807) is 17.8 Å². The molecule has 1 aromatic rings. The van der Waals surface area contributed by atoms with Gasteiger partial charge in [0.25, 0.3) is 0 Å². The Morgan fingerprint density at radius 1 is 1.26 bits per heavy atom. The largest absolute Gasteiger partial charge is 0.401 e. The minimum atomic E-state index is -4.13. The van der Waals surface area contributed by atoms with E-state index in [-0.39, 0.29) is 17.8 Å². The van der Waals surface area contributed by atoms with Gasteiger partial charge in [-0.25, -0.2) is 4.39 Å². The number of hydrogen-bond acceptors (Lipinski definition) is 3. The third-order valence-electron chi connectivity index (χ3n) is 4.44. The second kappa shape index (κ2) is 6.99. The fourth-order valence-electron chi connectivity index (χ4n) is 3.36. The van der Waals surface area contributed by atoms with Crippen LogP contribution in [-0.4, -0.2) is 43.0 Å². The fraction of sp³-hybridized carbons (Fsp3) is 0.625. The number of benzene rings is 1. The maximum absolute atomic E-state index is 13.5. The van der Waals surface area contributed by atoms with Gasteiger partial charge in [0.15, 0.2) is 0 Å². The maximum atomic E-state index is 13.5. The zero-order valence-electron chi connectivity index (χ0n) is 12.7. The van der Waals surface area contributed by atoms with E-state index in [1.165, 1.54) is 11.0 Å². The highest BCUT2D eigenvalue weighted by Gasteiger charge is 2.34. The molecule has 7 heteroatoms. The standard InChI is InChI=1S/C16H20F4N2S/c17-12-1-2-15-13(7-12)14(4-6-23-15)21-8-11-3-5-22(9-11)10-16(18,19)20/h1-2,7,11,14,21H,3-6,8-10H2/t11-,14-/m1/s1. The third-order valence-corrected chi connectivity index (χ3v) is 5.56. The summed E-state index contributed by atoms with van der Waals surface area (Å²) in [7, 11) is 0. The molecule has 2 aliphatic rings. The van der Waals surface area contributed by atoms with Crippen molar-refractivity contribution in [3.63, 3.8) is 0 Å². The van der Waals surface area contributed by atoms with Gasteiger partial charge in [-0.1, -0.05) is 0 Å². The molecular weight excluding hydrogens is 328 g/mol. The summed E-state index contributed by atoms with van der Waals surface area (Å²) in [4.78, 5) is 2.57. The Balaban J connectivity index is 1.53. The van der Waals surface area contributed by atoms with Gasteiger partial charge in [0.2, 0.25) is 0 Å². The zero-order chi connectivity index (χ0) is 16.4. The molecule has 0 bridgehead atoms. The van der Waals surface area contributed by atoms with Crippen LogP contribution < -0.4 is 5.32 Å². The summed E-state index contributed by atoms with van der Waals surface area (Å²) in [5.41, 5.74) is 0.978. The molecule has 0 aliphatic carbocycles. The maximum Gasteiger partial charge on any atom is 0.401 e. The number of fused-ring (bicyclic) bond motifs is 1. The van der Waals surface area contributed by atoms with E-state index in [4.69, 9.17) is 0 Å². The Hall–Kier alpha value is -0.790. The lowest BCUT2D eigenvalue weighted by Gasteiger charge is -2.27. The first-order valence-electron chi connectivity index (χ1n) is 7.85. The van der Waals surface area contributed by atoms with Gasteiger partial charge in [-0.2, -0.15) is 13.2 Å². The minimum Gasteiger partial charge on any atom is -0.310 e. The fourth-order valence-corrected chi connectivity index (χ4v) is 4.47. The molecule has 23 heavy (non-hydrogen) atoms. The first kappa shape index (κ1) is 17.0. The van der Waals surface area contributed by atoms with Crippen LogP contribution in [0.15, 0.2) is 23.1 Å². The van der Waals surface area contributed by atoms with E-state index < -0.39 is 12.7 Å². The molecule has 0 saturated carbocycles. The molecule has 2 nitrogen and oxygen atoms in total. The third kappa shape index (κ3) is 4.61. The van der Waals surface area contributed by atoms with E-state index in [1.807, 2.05) is 6.07 Å². The molecule has 0 amide bonds. The highest BCUT2D eigenvalue weighted by Crippen LogP contribution is 2.36. The van der Waals surface area contributed by atoms with Crippen LogP contribution in [0, 0.1) is 11.7 Å². The van der Waals surface area contributed by atoms with Gasteiger partial charge >= 0.3 is 6.18 Å². The minimum absolute atomic E-state index is 0.0959. The monoisotopic (exact) mass is 348 g/mol. The Morgan fingerprint density at radius 2 is 2.09 bits per heavy atom. The smallest absolute Gasteiger partial charge is 0.310 e. The normalized spacial score (nSPS) is 25.6. The first-order chi connectivity index (χ1) is 10.9. The lowest BCUT2D eigenvalue weighted by molar-refractivity contribution is -0.143. The van der Waals surface area contributed by atoms with Crippen molar-refractivity contribution in [2.24, 2.45) is 5.92 Å². The Morgan fingerprint density at radius 3 is 2.87 bits per heavy atom. The van der Waals surface area contributed by atoms with Crippen molar-refractivity contribution in [3.8, 4) is 0 Å². The molecule has 1 aromatic carbocycles. The summed E-state index contributed by atoms with van der Waals surface area (Å²) >= 11 is 1.73. The SMILES string of the molecule is Fc1ccc2c(c1)[C@H](NC[C@H]1CCN(CC(F)(F)F)C1)CCS2. The average molecular weight is 348 g/mol. The van der Waals surface area contributed by atoms with Crippen LogP contribution in [0.2, 0.25) is 0 Å². The molecule has 0 radical (unpaired) electrons. The second-order valence-corrected chi connectivity index (χ2v) is 7.42. The summed E-state index contributed by atoms with van der Waals surface area (Å²) in [5.74, 6) is 0.959. The predicted molar refractivity (Wildman–Crippen MR) is 83.1 cm³/mol. The van der Waals surface area contributed by atoms with Gasteiger partial charge in [0.05, 0.1) is 6.54 Å². The molecule has 2 heterocycles. The Bertz CT molecular complexity index is 549. The molecule has 2 aliphatic heterocycles. The Kier molecular flexibility index (Phi) is 5.18. The molecule has 0 aromatic heterocycles. The number of halogens is 4. The van der Waals surface area contributed by atoms with Gasteiger partial charge in [-0.3, -0.25) is 4.90 Å². The lowest BCUT2D eigenvalue weighted by atomic mass is 10.0. The molecule has 2 atom stereocenters. The van der Waals surface area contributed by atoms with Crippen LogP contribution in [0.25, 0.3) is 0 Å². The summed E-state index contributed by atoms with van der Waals surface area (Å²) in [6, 6.07) is 4.95. The number of likely N-dealkylation sites (tertiary alicyclic amines) is 1. The molecule has 1 N–H and O–H groups in total. The highest BCUT2D eigenvalue weighted by molar-refractivity contribution is 7.99. The van der Waals surface area contributed by atoms with Crippen LogP contribution in [-0.2, 0) is 0 Å². The summed E-state index contributed by atoms with van der Waals surface area (Å²) < 4.78 is 50.7. The van der Waals surface area contributed by atoms with E-state index in [0.29, 0.717) is 19.6 Å². The van der Waals surface area contributed by atoms with E-state index in [0.717, 1.165) is 29.1 Å². The molecular formula is C16H20F4N2S. The van der Waals surface area contributed by atoms with Crippen molar-refractivity contribution >= 4 is 11.8 Å². The topological polar surface area (TPSA) is 15.3 Å². The van der Waals surface area contributed by atoms with Crippen LogP contribution >= 0.6 is 11.8 Å². The van der Waals surface area contributed by atoms with Gasteiger partial charge in [-0.05, 0) is 61.4 Å². The number of hydrogen-bond donors (Lipinski definition) is 1. The van der Waals surface area contributed by atoms with E-state index >= 15 is 0 Å². The number of alkyl halides is 3. The van der Waals surface area contributed by atoms with Gasteiger partial charge in [-0.15, -0.1) is 11.8 Å². The molecule has 1 fully saturated rings. The average Bonchev–Trinajstić information content (AvgIpc) is 2.90. The molecule has 0 spiro atoms. The highest BCUT2D eigenvalue weighted by atomic mass is 32.2. The van der Waals surface area contributed by atoms with Crippen LogP contribution in [0.1, 0.15) is 24.4 Å². The first-order valence-corrected chi connectivity index (χ1v) is 8.84. The number of nitrogens with zero attached hydrogens (tertiary/aromatic N) is 1. The van der Waals surface area contributed by atoms with Crippen molar-refractivity contribution in [3.05, 3.63) is 29.6 Å². The van der Waals surface area contributed by atoms with Crippen molar-refractivity contribution in [1.82, 2.24) is 10.2 Å². The Labute approximate surface area is 137 Å². The molecule has 3 rings (SSSR count). The van der Waals surface area contributed by atoms with Crippen molar-refractivity contribution in [2.45, 2.75) is 30.0 Å². The van der Waals surface area contributed by atoms with Gasteiger partial charge < -0.3 is 5.32 Å². The summed E-state index contributed by atoms with van der Waals surface area (Å²) in [6.45, 7) is 0.832. The summed E-state index contributed by atoms with van der Waals surface area (Å²) in [6.07, 6.45) is -2.43. The van der Waals surface area contributed by atoms with Gasteiger partial charge in [0.1, 0.15) is 5.82 Å². The van der Waals surface area contributed by atoms with Crippen molar-refractivity contribution in [1.29, 1.82) is 0 Å². The lowest BCUT2D eigenvalue weighted by Crippen LogP contribution is -2.34. The predicted octanol–water partition coefficient (Wildman–Crippen LogP) is 3.84. The number of rotatable bonds is 4. The zero-order valence-corrected chi connectivity index (χ0v) is 13.5. The molecule has 128 valence electrons. The quantitative estimate of drug-likeness (QED) is 0.833. The van der Waals surface area contributed by atoms with Crippen LogP contribution in [0.4, 0.5) is 17.6 Å². The summed E-state index contributed by atoms with van der Waals surface area (Å²) in [5, 5.41) is 3.44. The van der Waals surface area contributed by atoms with E-state index in [2.05, 4.69) is 5.32 Å². The van der Waals surface area contributed by atoms with E-state index in [9.17, 15) is 17.6 Å². The number of thioether (sulfide) groups is 1. The number of nitrogens with one attached hydrogen (secondary N) is 1. The van der Waals surface area contributed by atoms with Crippen LogP contribution in [0.5, 0.6) is 0 Å². The molecule has 1 saturated heterocycles. The second-order valence-electron chi connectivity index (χ2n) is 6.29. The van der Waals surface area contributed by atoms with Crippen LogP contribution in [0.3, 0.4) is 0 Å².